The highest BCUT2D eigenvalue weighted by Gasteiger charge is 2.15. The molecular weight excluding hydrogens is 260 g/mol. The van der Waals surface area contributed by atoms with Gasteiger partial charge in [0.1, 0.15) is 0 Å². The number of nitrogen functional groups attached to an aromatic ring is 1. The van der Waals surface area contributed by atoms with Gasteiger partial charge < -0.3 is 10.6 Å². The number of benzene rings is 2. The maximum atomic E-state index is 12.4. The fourth-order valence-corrected chi connectivity index (χ4v) is 2.04. The molecule has 2 aromatic carbocycles. The molecule has 3 nitrogen and oxygen atoms in total. The molecule has 2 rings (SSSR count). The molecule has 98 valence electrons. The van der Waals surface area contributed by atoms with Crippen LogP contribution in [0.15, 0.2) is 42.5 Å². The number of carbonyl (C=O) groups excluding carboxylic acids is 1. The zero-order valence-corrected chi connectivity index (χ0v) is 11.6. The van der Waals surface area contributed by atoms with E-state index in [1.54, 1.807) is 30.1 Å². The van der Waals surface area contributed by atoms with Gasteiger partial charge in [0.05, 0.1) is 10.7 Å². The van der Waals surface area contributed by atoms with Gasteiger partial charge in [-0.2, -0.15) is 0 Å². The molecule has 0 fully saturated rings. The van der Waals surface area contributed by atoms with Crippen LogP contribution >= 0.6 is 11.6 Å². The summed E-state index contributed by atoms with van der Waals surface area (Å²) >= 11 is 5.86. The van der Waals surface area contributed by atoms with Gasteiger partial charge in [-0.25, -0.2) is 0 Å². The number of nitrogens with two attached hydrogens (primary N) is 1. The average Bonchev–Trinajstić information content (AvgIpc) is 2.41. The molecule has 4 heteroatoms. The Bertz CT molecular complexity index is 625. The molecule has 0 saturated carbocycles. The minimum atomic E-state index is -0.113. The van der Waals surface area contributed by atoms with Crippen molar-refractivity contribution < 1.29 is 4.79 Å². The van der Waals surface area contributed by atoms with Gasteiger partial charge in [-0.15, -0.1) is 0 Å². The summed E-state index contributed by atoms with van der Waals surface area (Å²) in [5, 5.41) is 0.454. The number of rotatable bonds is 2. The van der Waals surface area contributed by atoms with E-state index in [1.165, 1.54) is 0 Å². The molecular formula is C15H15ClN2O. The lowest BCUT2D eigenvalue weighted by atomic mass is 10.1. The number of halogens is 1. The van der Waals surface area contributed by atoms with E-state index in [0.29, 0.717) is 16.3 Å². The van der Waals surface area contributed by atoms with Crippen molar-refractivity contribution in [2.45, 2.75) is 6.92 Å². The normalized spacial score (nSPS) is 10.3. The lowest BCUT2D eigenvalue weighted by molar-refractivity contribution is 0.0993. The average molecular weight is 275 g/mol. The number of hydrogen-bond donors (Lipinski definition) is 1. The zero-order valence-electron chi connectivity index (χ0n) is 10.9. The molecule has 0 aromatic heterocycles. The van der Waals surface area contributed by atoms with Crippen LogP contribution < -0.4 is 10.6 Å². The molecule has 0 radical (unpaired) electrons. The molecule has 0 aliphatic rings. The Labute approximate surface area is 117 Å². The van der Waals surface area contributed by atoms with E-state index >= 15 is 0 Å². The first kappa shape index (κ1) is 13.4. The van der Waals surface area contributed by atoms with Crippen molar-refractivity contribution in [2.24, 2.45) is 0 Å². The fourth-order valence-electron chi connectivity index (χ4n) is 1.92. The Morgan fingerprint density at radius 2 is 1.89 bits per heavy atom. The van der Waals surface area contributed by atoms with Gasteiger partial charge in [-0.05, 0) is 36.8 Å². The van der Waals surface area contributed by atoms with Crippen molar-refractivity contribution in [1.82, 2.24) is 0 Å². The molecule has 0 saturated heterocycles. The maximum Gasteiger partial charge on any atom is 0.258 e. The van der Waals surface area contributed by atoms with E-state index in [2.05, 4.69) is 0 Å². The first-order valence-corrected chi connectivity index (χ1v) is 6.27. The maximum absolute atomic E-state index is 12.4. The molecule has 1 amide bonds. The minimum Gasteiger partial charge on any atom is -0.398 e. The molecule has 0 unspecified atom stereocenters. The molecule has 0 atom stereocenters. The van der Waals surface area contributed by atoms with E-state index in [0.717, 1.165) is 11.3 Å². The summed E-state index contributed by atoms with van der Waals surface area (Å²) in [5.41, 5.74) is 8.57. The number of anilines is 2. The van der Waals surface area contributed by atoms with Gasteiger partial charge in [0.2, 0.25) is 0 Å². The number of hydrogen-bond acceptors (Lipinski definition) is 2. The van der Waals surface area contributed by atoms with Crippen LogP contribution in [0.5, 0.6) is 0 Å². The summed E-state index contributed by atoms with van der Waals surface area (Å²) in [4.78, 5) is 14.0. The van der Waals surface area contributed by atoms with E-state index in [-0.39, 0.29) is 5.91 Å². The number of amides is 1. The van der Waals surface area contributed by atoms with Gasteiger partial charge in [0.15, 0.2) is 0 Å². The summed E-state index contributed by atoms with van der Waals surface area (Å²) in [6.07, 6.45) is 0. The summed E-state index contributed by atoms with van der Waals surface area (Å²) in [5.74, 6) is -0.113. The third kappa shape index (κ3) is 2.71. The quantitative estimate of drug-likeness (QED) is 0.852. The number of aryl methyl sites for hydroxylation is 1. The van der Waals surface area contributed by atoms with Crippen molar-refractivity contribution in [3.63, 3.8) is 0 Å². The molecule has 19 heavy (non-hydrogen) atoms. The largest absolute Gasteiger partial charge is 0.398 e. The Hall–Kier alpha value is -2.00. The molecule has 0 aliphatic carbocycles. The summed E-state index contributed by atoms with van der Waals surface area (Å²) < 4.78 is 0. The third-order valence-electron chi connectivity index (χ3n) is 3.02. The molecule has 2 N–H and O–H groups in total. The predicted octanol–water partition coefficient (Wildman–Crippen LogP) is 3.51. The van der Waals surface area contributed by atoms with Gasteiger partial charge in [0.25, 0.3) is 5.91 Å². The number of nitrogens with zero attached hydrogens (tertiary/aromatic N) is 1. The topological polar surface area (TPSA) is 46.3 Å². The Morgan fingerprint density at radius 1 is 1.21 bits per heavy atom. The Kier molecular flexibility index (Phi) is 3.76. The number of carbonyl (C=O) groups is 1. The van der Waals surface area contributed by atoms with Crippen LogP contribution in [0.25, 0.3) is 0 Å². The van der Waals surface area contributed by atoms with Crippen LogP contribution in [-0.4, -0.2) is 13.0 Å². The second kappa shape index (κ2) is 5.33. The van der Waals surface area contributed by atoms with Crippen LogP contribution in [0.3, 0.4) is 0 Å². The van der Waals surface area contributed by atoms with E-state index < -0.39 is 0 Å². The van der Waals surface area contributed by atoms with Gasteiger partial charge in [-0.3, -0.25) is 4.79 Å². The van der Waals surface area contributed by atoms with Crippen LogP contribution in [-0.2, 0) is 0 Å². The molecule has 2 aromatic rings. The van der Waals surface area contributed by atoms with Gasteiger partial charge in [0, 0.05) is 18.3 Å². The Morgan fingerprint density at radius 3 is 2.53 bits per heavy atom. The summed E-state index contributed by atoms with van der Waals surface area (Å²) in [7, 11) is 1.75. The van der Waals surface area contributed by atoms with Crippen molar-refractivity contribution in [1.29, 1.82) is 0 Å². The Balaban J connectivity index is 2.34. The molecule has 0 heterocycles. The van der Waals surface area contributed by atoms with Crippen LogP contribution in [0.1, 0.15) is 15.9 Å². The van der Waals surface area contributed by atoms with Gasteiger partial charge in [-0.1, -0.05) is 29.8 Å². The van der Waals surface area contributed by atoms with Crippen LogP contribution in [0.2, 0.25) is 5.02 Å². The van der Waals surface area contributed by atoms with Crippen LogP contribution in [0, 0.1) is 6.92 Å². The lowest BCUT2D eigenvalue weighted by Gasteiger charge is -2.19. The highest BCUT2D eigenvalue weighted by Crippen LogP contribution is 2.23. The smallest absolute Gasteiger partial charge is 0.258 e. The second-order valence-electron chi connectivity index (χ2n) is 4.39. The van der Waals surface area contributed by atoms with E-state index in [9.17, 15) is 4.79 Å². The van der Waals surface area contributed by atoms with Crippen molar-refractivity contribution in [2.75, 3.05) is 17.7 Å². The van der Waals surface area contributed by atoms with Crippen molar-refractivity contribution in [3.8, 4) is 0 Å². The van der Waals surface area contributed by atoms with E-state index in [1.807, 2.05) is 31.2 Å². The van der Waals surface area contributed by atoms with Crippen molar-refractivity contribution in [3.05, 3.63) is 58.6 Å². The second-order valence-corrected chi connectivity index (χ2v) is 4.79. The zero-order chi connectivity index (χ0) is 14.0. The highest BCUT2D eigenvalue weighted by atomic mass is 35.5. The minimum absolute atomic E-state index is 0.113. The molecule has 0 spiro atoms. The third-order valence-corrected chi connectivity index (χ3v) is 3.37. The lowest BCUT2D eigenvalue weighted by Crippen LogP contribution is -2.26. The molecule has 0 bridgehead atoms. The predicted molar refractivity (Wildman–Crippen MR) is 79.8 cm³/mol. The SMILES string of the molecule is Cc1ccccc1N(C)C(=O)c1ccc(Cl)c(N)c1. The first-order chi connectivity index (χ1) is 9.00. The standard InChI is InChI=1S/C15H15ClN2O/c1-10-5-3-4-6-14(10)18(2)15(19)11-7-8-12(16)13(17)9-11/h3-9H,17H2,1-2H3. The molecule has 0 aliphatic heterocycles. The highest BCUT2D eigenvalue weighted by molar-refractivity contribution is 6.33. The monoisotopic (exact) mass is 274 g/mol. The van der Waals surface area contributed by atoms with Gasteiger partial charge >= 0.3 is 0 Å². The first-order valence-electron chi connectivity index (χ1n) is 5.89. The number of para-hydroxylation sites is 1. The van der Waals surface area contributed by atoms with Crippen molar-refractivity contribution >= 4 is 28.9 Å². The fraction of sp³-hybridized carbons (Fsp3) is 0.133. The summed E-state index contributed by atoms with van der Waals surface area (Å²) in [6.45, 7) is 1.97. The summed E-state index contributed by atoms with van der Waals surface area (Å²) in [6, 6.07) is 12.6. The van der Waals surface area contributed by atoms with E-state index in [4.69, 9.17) is 17.3 Å². The van der Waals surface area contributed by atoms with Crippen LogP contribution in [0.4, 0.5) is 11.4 Å².